The Hall–Kier alpha value is -3.72. The van der Waals surface area contributed by atoms with E-state index in [1.165, 1.54) is 11.8 Å². The first-order valence-electron chi connectivity index (χ1n) is 12.2. The second-order valence-electron chi connectivity index (χ2n) is 8.91. The summed E-state index contributed by atoms with van der Waals surface area (Å²) in [4.78, 5) is 33.3. The van der Waals surface area contributed by atoms with Crippen LogP contribution >= 0.6 is 11.8 Å². The predicted octanol–water partition coefficient (Wildman–Crippen LogP) is 5.22. The molecule has 2 aromatic rings. The number of methoxy groups -OCH3 is 2. The lowest BCUT2D eigenvalue weighted by molar-refractivity contribution is -0.121. The summed E-state index contributed by atoms with van der Waals surface area (Å²) in [5, 5.41) is 8.72. The number of nitrogens with zero attached hydrogens (tertiary/aromatic N) is 2. The van der Waals surface area contributed by atoms with E-state index >= 15 is 0 Å². The zero-order valence-corrected chi connectivity index (χ0v) is 22.5. The molecule has 37 heavy (non-hydrogen) atoms. The van der Waals surface area contributed by atoms with Crippen LogP contribution in [0.5, 0.6) is 11.5 Å². The number of anilines is 1. The lowest BCUT2D eigenvalue weighted by Crippen LogP contribution is -2.39. The van der Waals surface area contributed by atoms with E-state index in [0.717, 1.165) is 22.8 Å². The maximum atomic E-state index is 13.7. The summed E-state index contributed by atoms with van der Waals surface area (Å²) in [6, 6.07) is 14.4. The van der Waals surface area contributed by atoms with Gasteiger partial charge in [-0.25, -0.2) is 4.99 Å². The Morgan fingerprint density at radius 1 is 1.11 bits per heavy atom. The SMILES string of the molecule is CCC(C)NC(=O)CC1=CSC2=NC(C)=C(C(=O)Nc3ccc(OC)cc3)C(c3cccc(OC)c3)N12. The number of hydrogen-bond donors (Lipinski definition) is 2. The van der Waals surface area contributed by atoms with Gasteiger partial charge >= 0.3 is 0 Å². The Bertz CT molecular complexity index is 1270. The highest BCUT2D eigenvalue weighted by molar-refractivity contribution is 8.16. The van der Waals surface area contributed by atoms with Gasteiger partial charge in [0, 0.05) is 17.4 Å². The van der Waals surface area contributed by atoms with Crippen molar-refractivity contribution < 1.29 is 19.1 Å². The van der Waals surface area contributed by atoms with E-state index in [9.17, 15) is 9.59 Å². The van der Waals surface area contributed by atoms with Crippen molar-refractivity contribution in [3.8, 4) is 11.5 Å². The molecule has 0 fully saturated rings. The number of allylic oxidation sites excluding steroid dienone is 1. The molecule has 2 aliphatic rings. The van der Waals surface area contributed by atoms with Crippen molar-refractivity contribution >= 4 is 34.4 Å². The number of amides is 2. The van der Waals surface area contributed by atoms with Crippen molar-refractivity contribution in [2.75, 3.05) is 19.5 Å². The number of carbonyl (C=O) groups is 2. The lowest BCUT2D eigenvalue weighted by atomic mass is 9.93. The number of benzene rings is 2. The summed E-state index contributed by atoms with van der Waals surface area (Å²) >= 11 is 1.46. The quantitative estimate of drug-likeness (QED) is 0.471. The Morgan fingerprint density at radius 3 is 2.51 bits per heavy atom. The van der Waals surface area contributed by atoms with Crippen molar-refractivity contribution in [1.29, 1.82) is 0 Å². The molecule has 2 aliphatic heterocycles. The van der Waals surface area contributed by atoms with Crippen molar-refractivity contribution in [3.63, 3.8) is 0 Å². The average Bonchev–Trinajstić information content (AvgIpc) is 3.29. The zero-order valence-electron chi connectivity index (χ0n) is 21.7. The van der Waals surface area contributed by atoms with Gasteiger partial charge in [0.05, 0.1) is 38.0 Å². The maximum absolute atomic E-state index is 13.7. The van der Waals surface area contributed by atoms with Gasteiger partial charge in [-0.15, -0.1) is 0 Å². The molecule has 2 N–H and O–H groups in total. The Kier molecular flexibility index (Phi) is 8.23. The number of carbonyl (C=O) groups excluding carboxylic acids is 2. The minimum atomic E-state index is -0.488. The lowest BCUT2D eigenvalue weighted by Gasteiger charge is -2.36. The number of amidine groups is 1. The summed E-state index contributed by atoms with van der Waals surface area (Å²) < 4.78 is 10.7. The number of fused-ring (bicyclic) bond motifs is 1. The molecule has 8 nitrogen and oxygen atoms in total. The van der Waals surface area contributed by atoms with E-state index in [0.29, 0.717) is 28.5 Å². The molecule has 2 aromatic carbocycles. The van der Waals surface area contributed by atoms with Gasteiger partial charge in [0.25, 0.3) is 5.91 Å². The second-order valence-corrected chi connectivity index (χ2v) is 9.74. The molecule has 0 aromatic heterocycles. The van der Waals surface area contributed by atoms with Crippen LogP contribution in [0.2, 0.25) is 0 Å². The van der Waals surface area contributed by atoms with Crippen LogP contribution < -0.4 is 20.1 Å². The molecular weight excluding hydrogens is 488 g/mol. The molecule has 0 saturated carbocycles. The first kappa shape index (κ1) is 26.3. The first-order chi connectivity index (χ1) is 17.8. The van der Waals surface area contributed by atoms with Gasteiger partial charge in [0.1, 0.15) is 11.5 Å². The molecule has 9 heteroatoms. The van der Waals surface area contributed by atoms with E-state index < -0.39 is 6.04 Å². The van der Waals surface area contributed by atoms with Gasteiger partial charge < -0.3 is 25.0 Å². The van der Waals surface area contributed by atoms with Gasteiger partial charge in [0.15, 0.2) is 5.17 Å². The summed E-state index contributed by atoms with van der Waals surface area (Å²) in [7, 11) is 3.21. The van der Waals surface area contributed by atoms with Crippen molar-refractivity contribution in [2.24, 2.45) is 4.99 Å². The fraction of sp³-hybridized carbons (Fsp3) is 0.321. The predicted molar refractivity (Wildman–Crippen MR) is 148 cm³/mol. The third-order valence-corrected chi connectivity index (χ3v) is 7.25. The van der Waals surface area contributed by atoms with Crippen LogP contribution in [0.3, 0.4) is 0 Å². The van der Waals surface area contributed by atoms with Crippen LogP contribution in [-0.4, -0.2) is 42.1 Å². The number of nitrogens with one attached hydrogen (secondary N) is 2. The van der Waals surface area contributed by atoms with E-state index in [2.05, 4.69) is 10.6 Å². The molecule has 0 aliphatic carbocycles. The van der Waals surface area contributed by atoms with E-state index in [1.807, 2.05) is 55.3 Å². The maximum Gasteiger partial charge on any atom is 0.255 e. The molecule has 0 spiro atoms. The van der Waals surface area contributed by atoms with Crippen LogP contribution in [0.4, 0.5) is 5.69 Å². The standard InChI is InChI=1S/C28H32N4O4S/c1-6-17(2)29-24(33)15-21-16-37-28-30-18(3)25(27(34)31-20-10-12-22(35-4)13-11-20)26(32(21)28)19-8-7-9-23(14-19)36-5/h7-14,16-17,26H,6,15H2,1-5H3,(H,29,33)(H,31,34). The fourth-order valence-electron chi connectivity index (χ4n) is 4.25. The Labute approximate surface area is 221 Å². The summed E-state index contributed by atoms with van der Waals surface area (Å²) in [5.74, 6) is 1.05. The molecule has 4 rings (SSSR count). The number of hydrogen-bond acceptors (Lipinski definition) is 7. The molecule has 0 saturated heterocycles. The smallest absolute Gasteiger partial charge is 0.255 e. The molecule has 2 amide bonds. The first-order valence-corrected chi connectivity index (χ1v) is 13.1. The van der Waals surface area contributed by atoms with Crippen LogP contribution in [0.15, 0.2) is 75.9 Å². The van der Waals surface area contributed by atoms with Gasteiger partial charge in [-0.05, 0) is 67.6 Å². The highest BCUT2D eigenvalue weighted by Crippen LogP contribution is 2.45. The summed E-state index contributed by atoms with van der Waals surface area (Å²) in [6.45, 7) is 5.86. The average molecular weight is 521 g/mol. The Morgan fingerprint density at radius 2 is 1.84 bits per heavy atom. The van der Waals surface area contributed by atoms with Gasteiger partial charge in [-0.2, -0.15) is 0 Å². The number of aliphatic imine (C=N–C) groups is 1. The second kappa shape index (κ2) is 11.6. The summed E-state index contributed by atoms with van der Waals surface area (Å²) in [6.07, 6.45) is 1.03. The largest absolute Gasteiger partial charge is 0.497 e. The third kappa shape index (κ3) is 5.83. The van der Waals surface area contributed by atoms with Crippen LogP contribution in [-0.2, 0) is 9.59 Å². The normalized spacial score (nSPS) is 17.4. The molecular formula is C28H32N4O4S. The third-order valence-electron chi connectivity index (χ3n) is 6.36. The Balaban J connectivity index is 1.71. The molecule has 2 unspecified atom stereocenters. The zero-order chi connectivity index (χ0) is 26.5. The number of thioether (sulfide) groups is 1. The molecule has 2 heterocycles. The van der Waals surface area contributed by atoms with Crippen LogP contribution in [0, 0.1) is 0 Å². The van der Waals surface area contributed by atoms with Gasteiger partial charge in [-0.1, -0.05) is 30.8 Å². The molecule has 194 valence electrons. The summed E-state index contributed by atoms with van der Waals surface area (Å²) in [5.41, 5.74) is 3.42. The molecule has 0 bridgehead atoms. The fourth-order valence-corrected chi connectivity index (χ4v) is 5.22. The minimum Gasteiger partial charge on any atom is -0.497 e. The number of rotatable bonds is 9. The topological polar surface area (TPSA) is 92.3 Å². The van der Waals surface area contributed by atoms with Crippen molar-refractivity contribution in [2.45, 2.75) is 45.7 Å². The van der Waals surface area contributed by atoms with Crippen molar-refractivity contribution in [1.82, 2.24) is 10.2 Å². The number of ether oxygens (including phenoxy) is 2. The van der Waals surface area contributed by atoms with Crippen molar-refractivity contribution in [3.05, 3.63) is 76.5 Å². The van der Waals surface area contributed by atoms with E-state index in [1.54, 1.807) is 38.5 Å². The highest BCUT2D eigenvalue weighted by atomic mass is 32.2. The monoisotopic (exact) mass is 520 g/mol. The molecule has 0 radical (unpaired) electrons. The van der Waals surface area contributed by atoms with E-state index in [4.69, 9.17) is 14.5 Å². The van der Waals surface area contributed by atoms with Crippen LogP contribution in [0.1, 0.15) is 45.2 Å². The van der Waals surface area contributed by atoms with Gasteiger partial charge in [-0.3, -0.25) is 9.59 Å². The highest BCUT2D eigenvalue weighted by Gasteiger charge is 2.40. The minimum absolute atomic E-state index is 0.0673. The molecule has 2 atom stereocenters. The van der Waals surface area contributed by atoms with E-state index in [-0.39, 0.29) is 24.3 Å². The van der Waals surface area contributed by atoms with Gasteiger partial charge in [0.2, 0.25) is 5.91 Å². The van der Waals surface area contributed by atoms with Crippen LogP contribution in [0.25, 0.3) is 0 Å².